The van der Waals surface area contributed by atoms with Gasteiger partial charge in [0.15, 0.2) is 0 Å². The van der Waals surface area contributed by atoms with E-state index in [-0.39, 0.29) is 5.56 Å². The number of benzene rings is 1. The van der Waals surface area contributed by atoms with Crippen LogP contribution in [0.3, 0.4) is 0 Å². The van der Waals surface area contributed by atoms with Gasteiger partial charge in [0, 0.05) is 30.7 Å². The summed E-state index contributed by atoms with van der Waals surface area (Å²) in [5.74, 6) is 2.87. The molecule has 1 saturated heterocycles. The van der Waals surface area contributed by atoms with Crippen molar-refractivity contribution in [1.82, 2.24) is 9.97 Å². The third-order valence-electron chi connectivity index (χ3n) is 3.27. The highest BCUT2D eigenvalue weighted by Crippen LogP contribution is 2.24. The fourth-order valence-corrected chi connectivity index (χ4v) is 3.07. The third kappa shape index (κ3) is 3.48. The van der Waals surface area contributed by atoms with Crippen LogP contribution in [0.15, 0.2) is 36.7 Å². The van der Waals surface area contributed by atoms with E-state index in [4.69, 9.17) is 9.84 Å². The number of aromatic carboxylic acids is 1. The van der Waals surface area contributed by atoms with Crippen LogP contribution in [0, 0.1) is 0 Å². The molecule has 2 aromatic rings. The molecular weight excluding hydrogens is 302 g/mol. The minimum atomic E-state index is -0.986. The van der Waals surface area contributed by atoms with E-state index in [9.17, 15) is 4.79 Å². The van der Waals surface area contributed by atoms with Gasteiger partial charge in [-0.05, 0) is 18.2 Å². The highest BCUT2D eigenvalue weighted by molar-refractivity contribution is 7.99. The van der Waals surface area contributed by atoms with Crippen LogP contribution in [0.1, 0.15) is 10.4 Å². The molecule has 0 spiro atoms. The standard InChI is InChI=1S/C15H15N3O3S/c19-15(20)11-2-1-3-12(8-11)21-14-9-13(16-10-17-14)18-4-6-22-7-5-18/h1-3,8-10H,4-7H2,(H,19,20). The minimum Gasteiger partial charge on any atom is -0.478 e. The molecule has 1 aliphatic heterocycles. The molecule has 1 aliphatic rings. The van der Waals surface area contributed by atoms with Crippen molar-refractivity contribution in [1.29, 1.82) is 0 Å². The first-order valence-corrected chi connectivity index (χ1v) is 8.04. The fraction of sp³-hybridized carbons (Fsp3) is 0.267. The minimum absolute atomic E-state index is 0.180. The van der Waals surface area contributed by atoms with Crippen LogP contribution >= 0.6 is 11.8 Å². The van der Waals surface area contributed by atoms with Crippen LogP contribution in [0.5, 0.6) is 11.6 Å². The quantitative estimate of drug-likeness (QED) is 0.928. The van der Waals surface area contributed by atoms with E-state index in [1.54, 1.807) is 18.2 Å². The second-order valence-electron chi connectivity index (χ2n) is 4.75. The van der Waals surface area contributed by atoms with E-state index in [0.29, 0.717) is 11.6 Å². The lowest BCUT2D eigenvalue weighted by Gasteiger charge is -2.27. The second-order valence-corrected chi connectivity index (χ2v) is 5.97. The second kappa shape index (κ2) is 6.65. The summed E-state index contributed by atoms with van der Waals surface area (Å²) in [6.07, 6.45) is 1.47. The molecule has 22 heavy (non-hydrogen) atoms. The molecule has 1 fully saturated rings. The number of hydrogen-bond acceptors (Lipinski definition) is 6. The number of aromatic nitrogens is 2. The average Bonchev–Trinajstić information content (AvgIpc) is 2.56. The zero-order valence-corrected chi connectivity index (χ0v) is 12.6. The van der Waals surface area contributed by atoms with Gasteiger partial charge in [0.1, 0.15) is 17.9 Å². The van der Waals surface area contributed by atoms with Crippen LogP contribution in [-0.2, 0) is 0 Å². The Hall–Kier alpha value is -2.28. The van der Waals surface area contributed by atoms with Gasteiger partial charge >= 0.3 is 5.97 Å². The molecule has 7 heteroatoms. The van der Waals surface area contributed by atoms with Crippen molar-refractivity contribution in [2.75, 3.05) is 29.5 Å². The van der Waals surface area contributed by atoms with Gasteiger partial charge in [-0.1, -0.05) is 6.07 Å². The third-order valence-corrected chi connectivity index (χ3v) is 4.21. The molecule has 0 unspecified atom stereocenters. The molecule has 1 aromatic carbocycles. The first-order valence-electron chi connectivity index (χ1n) is 6.88. The van der Waals surface area contributed by atoms with Gasteiger partial charge in [-0.3, -0.25) is 0 Å². The van der Waals surface area contributed by atoms with Crippen LogP contribution in [0.4, 0.5) is 5.82 Å². The lowest BCUT2D eigenvalue weighted by Crippen LogP contribution is -2.33. The van der Waals surface area contributed by atoms with E-state index >= 15 is 0 Å². The molecule has 0 atom stereocenters. The molecule has 3 rings (SSSR count). The van der Waals surface area contributed by atoms with Crippen molar-refractivity contribution in [3.8, 4) is 11.6 Å². The Labute approximate surface area is 132 Å². The highest BCUT2D eigenvalue weighted by atomic mass is 32.2. The monoisotopic (exact) mass is 317 g/mol. The van der Waals surface area contributed by atoms with Gasteiger partial charge < -0.3 is 14.7 Å². The van der Waals surface area contributed by atoms with Crippen LogP contribution in [0.2, 0.25) is 0 Å². The zero-order chi connectivity index (χ0) is 15.4. The molecule has 2 heterocycles. The average molecular weight is 317 g/mol. The molecule has 0 bridgehead atoms. The van der Waals surface area contributed by atoms with Crippen molar-refractivity contribution >= 4 is 23.5 Å². The Kier molecular flexibility index (Phi) is 4.43. The molecule has 0 amide bonds. The summed E-state index contributed by atoms with van der Waals surface area (Å²) in [4.78, 5) is 21.5. The molecule has 0 saturated carbocycles. The Morgan fingerprint density at radius 3 is 2.82 bits per heavy atom. The van der Waals surface area contributed by atoms with Crippen molar-refractivity contribution in [2.24, 2.45) is 0 Å². The summed E-state index contributed by atoms with van der Waals surface area (Å²) in [6.45, 7) is 1.91. The highest BCUT2D eigenvalue weighted by Gasteiger charge is 2.13. The number of ether oxygens (including phenoxy) is 1. The molecule has 6 nitrogen and oxygen atoms in total. The van der Waals surface area contributed by atoms with E-state index < -0.39 is 5.97 Å². The maximum Gasteiger partial charge on any atom is 0.335 e. The number of anilines is 1. The van der Waals surface area contributed by atoms with Gasteiger partial charge in [-0.25, -0.2) is 14.8 Å². The summed E-state index contributed by atoms with van der Waals surface area (Å²) < 4.78 is 5.65. The Balaban J connectivity index is 1.77. The van der Waals surface area contributed by atoms with E-state index in [1.165, 1.54) is 18.5 Å². The van der Waals surface area contributed by atoms with Crippen molar-refractivity contribution in [3.63, 3.8) is 0 Å². The predicted molar refractivity (Wildman–Crippen MR) is 85.0 cm³/mol. The van der Waals surface area contributed by atoms with Gasteiger partial charge in [-0.2, -0.15) is 11.8 Å². The first-order chi connectivity index (χ1) is 10.7. The van der Waals surface area contributed by atoms with Gasteiger partial charge in [0.2, 0.25) is 5.88 Å². The first kappa shape index (κ1) is 14.6. The predicted octanol–water partition coefficient (Wildman–Crippen LogP) is 2.52. The number of nitrogens with zero attached hydrogens (tertiary/aromatic N) is 3. The number of rotatable bonds is 4. The summed E-state index contributed by atoms with van der Waals surface area (Å²) in [5, 5.41) is 9.00. The van der Waals surface area contributed by atoms with Crippen molar-refractivity contribution in [3.05, 3.63) is 42.2 Å². The zero-order valence-electron chi connectivity index (χ0n) is 11.8. The van der Waals surface area contributed by atoms with Crippen molar-refractivity contribution in [2.45, 2.75) is 0 Å². The summed E-state index contributed by atoms with van der Waals surface area (Å²) in [5.41, 5.74) is 0.180. The van der Waals surface area contributed by atoms with Crippen LogP contribution in [0.25, 0.3) is 0 Å². The molecule has 1 N–H and O–H groups in total. The Morgan fingerprint density at radius 1 is 1.23 bits per heavy atom. The Bertz CT molecular complexity index is 675. The number of carbonyl (C=O) groups is 1. The fourth-order valence-electron chi connectivity index (χ4n) is 2.16. The maximum atomic E-state index is 11.0. The maximum absolute atomic E-state index is 11.0. The number of thioether (sulfide) groups is 1. The Morgan fingerprint density at radius 2 is 2.05 bits per heavy atom. The largest absolute Gasteiger partial charge is 0.478 e. The van der Waals surface area contributed by atoms with Crippen LogP contribution in [-0.4, -0.2) is 45.6 Å². The van der Waals surface area contributed by atoms with E-state index in [1.807, 2.05) is 11.8 Å². The number of carboxylic acid groups (broad SMARTS) is 1. The molecule has 1 aromatic heterocycles. The summed E-state index contributed by atoms with van der Waals surface area (Å²) in [6, 6.07) is 8.12. The normalized spacial score (nSPS) is 14.6. The van der Waals surface area contributed by atoms with Crippen LogP contribution < -0.4 is 9.64 Å². The van der Waals surface area contributed by atoms with E-state index in [2.05, 4.69) is 14.9 Å². The smallest absolute Gasteiger partial charge is 0.335 e. The summed E-state index contributed by atoms with van der Waals surface area (Å²) >= 11 is 1.93. The van der Waals surface area contributed by atoms with Crippen molar-refractivity contribution < 1.29 is 14.6 Å². The topological polar surface area (TPSA) is 75.6 Å². The number of carboxylic acids is 1. The van der Waals surface area contributed by atoms with Gasteiger partial charge in [0.25, 0.3) is 0 Å². The lowest BCUT2D eigenvalue weighted by molar-refractivity contribution is 0.0696. The molecule has 0 radical (unpaired) electrons. The summed E-state index contributed by atoms with van der Waals surface area (Å²) in [7, 11) is 0. The van der Waals surface area contributed by atoms with Gasteiger partial charge in [0.05, 0.1) is 5.56 Å². The van der Waals surface area contributed by atoms with Gasteiger partial charge in [-0.15, -0.1) is 0 Å². The number of hydrogen-bond donors (Lipinski definition) is 1. The molecule has 114 valence electrons. The van der Waals surface area contributed by atoms with E-state index in [0.717, 1.165) is 30.4 Å². The SMILES string of the molecule is O=C(O)c1cccc(Oc2cc(N3CCSCC3)ncn2)c1. The lowest BCUT2D eigenvalue weighted by atomic mass is 10.2. The molecule has 0 aliphatic carbocycles. The molecular formula is C15H15N3O3S.